The number of nitrogens with zero attached hydrogens (tertiary/aromatic N) is 2. The van der Waals surface area contributed by atoms with Gasteiger partial charge < -0.3 is 14.5 Å². The second-order valence-corrected chi connectivity index (χ2v) is 5.73. The van der Waals surface area contributed by atoms with Crippen LogP contribution in [0.1, 0.15) is 19.8 Å². The van der Waals surface area contributed by atoms with Crippen LogP contribution in [-0.4, -0.2) is 43.0 Å². The monoisotopic (exact) mass is 306 g/mol. The predicted molar refractivity (Wildman–Crippen MR) is 79.2 cm³/mol. The van der Waals surface area contributed by atoms with E-state index < -0.39 is 0 Å². The number of benzene rings is 1. The summed E-state index contributed by atoms with van der Waals surface area (Å²) >= 11 is 0. The van der Waals surface area contributed by atoms with Crippen LogP contribution in [0.5, 0.6) is 5.75 Å². The Morgan fingerprint density at radius 2 is 1.95 bits per heavy atom. The molecule has 1 aromatic rings. The van der Waals surface area contributed by atoms with Crippen molar-refractivity contribution in [2.75, 3.05) is 31.1 Å². The summed E-state index contributed by atoms with van der Waals surface area (Å²) in [4.78, 5) is 27.5. The molecule has 5 nitrogen and oxygen atoms in total. The standard InChI is InChI=1S/C16H19FN2O3/c1-11(20)18-6-4-12(5-7-18)16(21)19-8-9-22-15-3-2-13(17)10-14(15)19/h2-3,10,12H,4-9H2,1H3. The van der Waals surface area contributed by atoms with E-state index in [1.807, 2.05) is 0 Å². The Labute approximate surface area is 128 Å². The Hall–Kier alpha value is -2.11. The van der Waals surface area contributed by atoms with Crippen molar-refractivity contribution < 1.29 is 18.7 Å². The first-order valence-corrected chi connectivity index (χ1v) is 7.55. The maximum Gasteiger partial charge on any atom is 0.230 e. The summed E-state index contributed by atoms with van der Waals surface area (Å²) in [6.45, 7) is 3.60. The van der Waals surface area contributed by atoms with E-state index in [2.05, 4.69) is 0 Å². The fourth-order valence-electron chi connectivity index (χ4n) is 3.08. The Kier molecular flexibility index (Phi) is 4.00. The zero-order valence-electron chi connectivity index (χ0n) is 12.5. The van der Waals surface area contributed by atoms with Crippen LogP contribution >= 0.6 is 0 Å². The summed E-state index contributed by atoms with van der Waals surface area (Å²) in [7, 11) is 0. The zero-order chi connectivity index (χ0) is 15.7. The van der Waals surface area contributed by atoms with E-state index in [0.29, 0.717) is 50.5 Å². The van der Waals surface area contributed by atoms with Crippen molar-refractivity contribution in [3.8, 4) is 5.75 Å². The Balaban J connectivity index is 1.74. The third-order valence-corrected chi connectivity index (χ3v) is 4.34. The van der Waals surface area contributed by atoms with Crippen LogP contribution in [0.3, 0.4) is 0 Å². The molecule has 0 bridgehead atoms. The molecule has 1 aromatic carbocycles. The first-order valence-electron chi connectivity index (χ1n) is 7.55. The number of likely N-dealkylation sites (tertiary alicyclic amines) is 1. The number of anilines is 1. The zero-order valence-corrected chi connectivity index (χ0v) is 12.5. The van der Waals surface area contributed by atoms with Crippen molar-refractivity contribution in [2.24, 2.45) is 5.92 Å². The van der Waals surface area contributed by atoms with E-state index in [9.17, 15) is 14.0 Å². The van der Waals surface area contributed by atoms with Gasteiger partial charge in [-0.05, 0) is 25.0 Å². The fraction of sp³-hybridized carbons (Fsp3) is 0.500. The van der Waals surface area contributed by atoms with E-state index in [4.69, 9.17) is 4.74 Å². The maximum absolute atomic E-state index is 13.5. The summed E-state index contributed by atoms with van der Waals surface area (Å²) < 4.78 is 19.0. The molecule has 2 amide bonds. The van der Waals surface area contributed by atoms with Crippen molar-refractivity contribution >= 4 is 17.5 Å². The summed E-state index contributed by atoms with van der Waals surface area (Å²) in [5.74, 6) is 0.0866. The average molecular weight is 306 g/mol. The van der Waals surface area contributed by atoms with Gasteiger partial charge in [-0.25, -0.2) is 4.39 Å². The number of halogens is 1. The van der Waals surface area contributed by atoms with Gasteiger partial charge in [0.25, 0.3) is 0 Å². The van der Waals surface area contributed by atoms with Gasteiger partial charge in [0, 0.05) is 32.0 Å². The topological polar surface area (TPSA) is 49.9 Å². The number of rotatable bonds is 1. The second kappa shape index (κ2) is 5.94. The molecule has 22 heavy (non-hydrogen) atoms. The molecule has 0 saturated carbocycles. The van der Waals surface area contributed by atoms with Gasteiger partial charge in [0.15, 0.2) is 0 Å². The van der Waals surface area contributed by atoms with Gasteiger partial charge in [-0.3, -0.25) is 9.59 Å². The Morgan fingerprint density at radius 3 is 2.64 bits per heavy atom. The van der Waals surface area contributed by atoms with E-state index in [1.165, 1.54) is 12.1 Å². The minimum absolute atomic E-state index is 0.00153. The number of amides is 2. The molecule has 0 spiro atoms. The first-order chi connectivity index (χ1) is 10.6. The number of hydrogen-bond donors (Lipinski definition) is 0. The summed E-state index contributed by atoms with van der Waals surface area (Å²) in [5.41, 5.74) is 0.505. The number of hydrogen-bond acceptors (Lipinski definition) is 3. The van der Waals surface area contributed by atoms with E-state index in [1.54, 1.807) is 22.8 Å². The summed E-state index contributed by atoms with van der Waals surface area (Å²) in [5, 5.41) is 0. The third-order valence-electron chi connectivity index (χ3n) is 4.34. The molecule has 1 saturated heterocycles. The van der Waals surface area contributed by atoms with E-state index in [-0.39, 0.29) is 23.5 Å². The molecular formula is C16H19FN2O3. The first kappa shape index (κ1) is 14.8. The average Bonchev–Trinajstić information content (AvgIpc) is 2.53. The molecule has 0 aliphatic carbocycles. The van der Waals surface area contributed by atoms with Gasteiger partial charge in [0.1, 0.15) is 18.2 Å². The number of carbonyl (C=O) groups is 2. The second-order valence-electron chi connectivity index (χ2n) is 5.73. The quantitative estimate of drug-likeness (QED) is 0.795. The van der Waals surface area contributed by atoms with Gasteiger partial charge >= 0.3 is 0 Å². The van der Waals surface area contributed by atoms with Crippen molar-refractivity contribution in [1.29, 1.82) is 0 Å². The lowest BCUT2D eigenvalue weighted by molar-refractivity contribution is -0.133. The summed E-state index contributed by atoms with van der Waals surface area (Å²) in [6, 6.07) is 4.23. The molecule has 0 atom stereocenters. The van der Waals surface area contributed by atoms with Crippen LogP contribution in [0.4, 0.5) is 10.1 Å². The highest BCUT2D eigenvalue weighted by Gasteiger charge is 2.32. The van der Waals surface area contributed by atoms with Crippen LogP contribution < -0.4 is 9.64 Å². The van der Waals surface area contributed by atoms with Crippen molar-refractivity contribution in [2.45, 2.75) is 19.8 Å². The maximum atomic E-state index is 13.5. The van der Waals surface area contributed by atoms with Crippen LogP contribution in [0.25, 0.3) is 0 Å². The van der Waals surface area contributed by atoms with Crippen LogP contribution in [0.15, 0.2) is 18.2 Å². The van der Waals surface area contributed by atoms with Crippen molar-refractivity contribution in [3.05, 3.63) is 24.0 Å². The molecule has 1 fully saturated rings. The SMILES string of the molecule is CC(=O)N1CCC(C(=O)N2CCOc3ccc(F)cc32)CC1. The Morgan fingerprint density at radius 1 is 1.23 bits per heavy atom. The van der Waals surface area contributed by atoms with Gasteiger partial charge in [-0.15, -0.1) is 0 Å². The minimum atomic E-state index is -0.381. The largest absolute Gasteiger partial charge is 0.490 e. The van der Waals surface area contributed by atoms with Gasteiger partial charge in [0.05, 0.1) is 12.2 Å². The highest BCUT2D eigenvalue weighted by atomic mass is 19.1. The predicted octanol–water partition coefficient (Wildman–Crippen LogP) is 1.81. The third kappa shape index (κ3) is 2.77. The van der Waals surface area contributed by atoms with Gasteiger partial charge in [-0.1, -0.05) is 0 Å². The number of fused-ring (bicyclic) bond motifs is 1. The highest BCUT2D eigenvalue weighted by Crippen LogP contribution is 2.34. The van der Waals surface area contributed by atoms with E-state index >= 15 is 0 Å². The van der Waals surface area contributed by atoms with Crippen LogP contribution in [0.2, 0.25) is 0 Å². The molecule has 2 aliphatic rings. The fourth-order valence-corrected chi connectivity index (χ4v) is 3.08. The molecule has 0 radical (unpaired) electrons. The molecule has 2 heterocycles. The molecule has 118 valence electrons. The smallest absolute Gasteiger partial charge is 0.230 e. The molecule has 0 aromatic heterocycles. The molecular weight excluding hydrogens is 287 g/mol. The van der Waals surface area contributed by atoms with Gasteiger partial charge in [0.2, 0.25) is 11.8 Å². The van der Waals surface area contributed by atoms with E-state index in [0.717, 1.165) is 0 Å². The molecule has 0 unspecified atom stereocenters. The molecule has 6 heteroatoms. The van der Waals surface area contributed by atoms with Crippen molar-refractivity contribution in [3.63, 3.8) is 0 Å². The van der Waals surface area contributed by atoms with Gasteiger partial charge in [-0.2, -0.15) is 0 Å². The molecule has 2 aliphatic heterocycles. The Bertz CT molecular complexity index is 597. The molecule has 3 rings (SSSR count). The highest BCUT2D eigenvalue weighted by molar-refractivity contribution is 5.97. The van der Waals surface area contributed by atoms with Crippen LogP contribution in [0, 0.1) is 11.7 Å². The minimum Gasteiger partial charge on any atom is -0.490 e. The summed E-state index contributed by atoms with van der Waals surface area (Å²) in [6.07, 6.45) is 1.31. The number of piperidine rings is 1. The normalized spacial score (nSPS) is 18.6. The lowest BCUT2D eigenvalue weighted by atomic mass is 9.94. The van der Waals surface area contributed by atoms with Crippen molar-refractivity contribution in [1.82, 2.24) is 4.90 Å². The number of ether oxygens (including phenoxy) is 1. The van der Waals surface area contributed by atoms with Crippen LogP contribution in [-0.2, 0) is 9.59 Å². The number of carbonyl (C=O) groups excluding carboxylic acids is 2. The lowest BCUT2D eigenvalue weighted by Crippen LogP contribution is -2.46. The molecule has 0 N–H and O–H groups in total. The lowest BCUT2D eigenvalue weighted by Gasteiger charge is -2.36.